The van der Waals surface area contributed by atoms with Crippen LogP contribution in [0.15, 0.2) is 65.6 Å². The van der Waals surface area contributed by atoms with Crippen LogP contribution in [0.1, 0.15) is 5.56 Å². The van der Waals surface area contributed by atoms with Gasteiger partial charge in [0.15, 0.2) is 0 Å². The van der Waals surface area contributed by atoms with Crippen LogP contribution in [0.2, 0.25) is 0 Å². The molecule has 3 aromatic rings. The summed E-state index contributed by atoms with van der Waals surface area (Å²) in [5.74, 6) is 0.0287. The molecule has 0 atom stereocenters. The molecule has 3 aromatic carbocycles. The lowest BCUT2D eigenvalue weighted by atomic mass is 10.1. The summed E-state index contributed by atoms with van der Waals surface area (Å²) in [7, 11) is -2.32. The summed E-state index contributed by atoms with van der Waals surface area (Å²) < 4.78 is 38.2. The molecule has 0 saturated carbocycles. The van der Waals surface area contributed by atoms with Gasteiger partial charge in [-0.25, -0.2) is 8.42 Å². The SMILES string of the molecule is COc1ccc(CC(=O)Nc2cccc3ccccc23)cc1S(=O)(=O)N1CCOCC1. The first-order chi connectivity index (χ1) is 15.0. The highest BCUT2D eigenvalue weighted by Gasteiger charge is 2.29. The normalized spacial score (nSPS) is 15.0. The molecule has 1 aliphatic heterocycles. The number of nitrogens with one attached hydrogen (secondary N) is 1. The fraction of sp³-hybridized carbons (Fsp3) is 0.261. The van der Waals surface area contributed by atoms with Crippen molar-refractivity contribution in [3.05, 3.63) is 66.2 Å². The predicted octanol–water partition coefficient (Wildman–Crippen LogP) is 3.05. The number of sulfonamides is 1. The second-order valence-corrected chi connectivity index (χ2v) is 9.16. The van der Waals surface area contributed by atoms with E-state index in [9.17, 15) is 13.2 Å². The summed E-state index contributed by atoms with van der Waals surface area (Å²) in [5, 5.41) is 4.92. The zero-order chi connectivity index (χ0) is 21.8. The van der Waals surface area contributed by atoms with Crippen LogP contribution in [0.25, 0.3) is 10.8 Å². The van der Waals surface area contributed by atoms with E-state index in [2.05, 4.69) is 5.32 Å². The molecule has 0 aromatic heterocycles. The van der Waals surface area contributed by atoms with Gasteiger partial charge in [0.05, 0.1) is 26.7 Å². The minimum atomic E-state index is -3.75. The molecular weight excluding hydrogens is 416 g/mol. The Bertz CT molecular complexity index is 1200. The zero-order valence-corrected chi connectivity index (χ0v) is 18.0. The second kappa shape index (κ2) is 9.05. The van der Waals surface area contributed by atoms with E-state index in [4.69, 9.17) is 9.47 Å². The van der Waals surface area contributed by atoms with Gasteiger partial charge >= 0.3 is 0 Å². The third-order valence-corrected chi connectivity index (χ3v) is 7.16. The Morgan fingerprint density at radius 1 is 1.06 bits per heavy atom. The maximum Gasteiger partial charge on any atom is 0.246 e. The third kappa shape index (κ3) is 4.56. The number of hydrogen-bond donors (Lipinski definition) is 1. The Labute approximate surface area is 181 Å². The summed E-state index contributed by atoms with van der Waals surface area (Å²) in [6, 6.07) is 18.3. The Morgan fingerprint density at radius 3 is 2.58 bits per heavy atom. The van der Waals surface area contributed by atoms with Crippen molar-refractivity contribution in [2.75, 3.05) is 38.7 Å². The number of morpholine rings is 1. The quantitative estimate of drug-likeness (QED) is 0.637. The molecule has 1 fully saturated rings. The number of anilines is 1. The number of fused-ring (bicyclic) bond motifs is 1. The number of carbonyl (C=O) groups excluding carboxylic acids is 1. The lowest BCUT2D eigenvalue weighted by Crippen LogP contribution is -2.40. The summed E-state index contributed by atoms with van der Waals surface area (Å²) >= 11 is 0. The first-order valence-corrected chi connectivity index (χ1v) is 11.5. The van der Waals surface area contributed by atoms with Gasteiger partial charge in [-0.15, -0.1) is 0 Å². The number of nitrogens with zero attached hydrogens (tertiary/aromatic N) is 1. The minimum absolute atomic E-state index is 0.0405. The monoisotopic (exact) mass is 440 g/mol. The number of hydrogen-bond acceptors (Lipinski definition) is 5. The number of rotatable bonds is 6. The van der Waals surface area contributed by atoms with Crippen LogP contribution in [0, 0.1) is 0 Å². The van der Waals surface area contributed by atoms with Crippen molar-refractivity contribution in [3.8, 4) is 5.75 Å². The number of carbonyl (C=O) groups is 1. The van der Waals surface area contributed by atoms with Crippen molar-refractivity contribution < 1.29 is 22.7 Å². The zero-order valence-electron chi connectivity index (χ0n) is 17.2. The van der Waals surface area contributed by atoms with Gasteiger partial charge in [0, 0.05) is 24.2 Å². The Balaban J connectivity index is 1.57. The smallest absolute Gasteiger partial charge is 0.246 e. The fourth-order valence-corrected chi connectivity index (χ4v) is 5.29. The molecule has 0 spiro atoms. The molecule has 1 heterocycles. The van der Waals surface area contributed by atoms with E-state index in [0.717, 1.165) is 16.5 Å². The molecule has 8 heteroatoms. The number of methoxy groups -OCH3 is 1. The largest absolute Gasteiger partial charge is 0.495 e. The number of amides is 1. The molecule has 0 bridgehead atoms. The molecule has 1 aliphatic rings. The van der Waals surface area contributed by atoms with Crippen LogP contribution >= 0.6 is 0 Å². The highest BCUT2D eigenvalue weighted by atomic mass is 32.2. The van der Waals surface area contributed by atoms with E-state index in [1.165, 1.54) is 17.5 Å². The molecule has 0 unspecified atom stereocenters. The maximum absolute atomic E-state index is 13.1. The second-order valence-electron chi connectivity index (χ2n) is 7.25. The molecule has 1 amide bonds. The van der Waals surface area contributed by atoms with Crippen molar-refractivity contribution in [2.24, 2.45) is 0 Å². The average molecular weight is 441 g/mol. The van der Waals surface area contributed by atoms with Gasteiger partial charge in [0.25, 0.3) is 0 Å². The number of ether oxygens (including phenoxy) is 2. The Morgan fingerprint density at radius 2 is 1.81 bits per heavy atom. The average Bonchev–Trinajstić information content (AvgIpc) is 2.80. The van der Waals surface area contributed by atoms with Crippen molar-refractivity contribution >= 4 is 32.4 Å². The fourth-order valence-electron chi connectivity index (χ4n) is 3.67. The Hall–Kier alpha value is -2.94. The summed E-state index contributed by atoms with van der Waals surface area (Å²) in [4.78, 5) is 12.8. The van der Waals surface area contributed by atoms with Gasteiger partial charge in [0.2, 0.25) is 15.9 Å². The van der Waals surface area contributed by atoms with Gasteiger partial charge < -0.3 is 14.8 Å². The van der Waals surface area contributed by atoms with Gasteiger partial charge in [-0.3, -0.25) is 4.79 Å². The lowest BCUT2D eigenvalue weighted by molar-refractivity contribution is -0.115. The molecule has 0 aliphatic carbocycles. The van der Waals surface area contributed by atoms with Gasteiger partial charge in [0.1, 0.15) is 10.6 Å². The minimum Gasteiger partial charge on any atom is -0.495 e. The van der Waals surface area contributed by atoms with E-state index < -0.39 is 10.0 Å². The van der Waals surface area contributed by atoms with Gasteiger partial charge in [-0.1, -0.05) is 42.5 Å². The van der Waals surface area contributed by atoms with E-state index in [1.807, 2.05) is 42.5 Å². The first-order valence-electron chi connectivity index (χ1n) is 10.0. The first kappa shape index (κ1) is 21.3. The van der Waals surface area contributed by atoms with Gasteiger partial charge in [-0.05, 0) is 29.1 Å². The summed E-state index contributed by atoms with van der Waals surface area (Å²) in [6.07, 6.45) is 0.0405. The predicted molar refractivity (Wildman–Crippen MR) is 119 cm³/mol. The summed E-state index contributed by atoms with van der Waals surface area (Å²) in [6.45, 7) is 1.29. The van der Waals surface area contributed by atoms with E-state index >= 15 is 0 Å². The summed E-state index contributed by atoms with van der Waals surface area (Å²) in [5.41, 5.74) is 1.31. The highest BCUT2D eigenvalue weighted by molar-refractivity contribution is 7.89. The molecular formula is C23H24N2O5S. The molecule has 4 rings (SSSR count). The molecule has 0 radical (unpaired) electrons. The lowest BCUT2D eigenvalue weighted by Gasteiger charge is -2.26. The molecule has 1 N–H and O–H groups in total. The molecule has 31 heavy (non-hydrogen) atoms. The third-order valence-electron chi connectivity index (χ3n) is 5.24. The topological polar surface area (TPSA) is 84.9 Å². The van der Waals surface area contributed by atoms with Crippen molar-refractivity contribution in [1.82, 2.24) is 4.31 Å². The number of benzene rings is 3. The standard InChI is InChI=1S/C23H24N2O5S/c1-29-21-10-9-17(15-22(21)31(27,28)25-11-13-30-14-12-25)16-23(26)24-20-8-4-6-18-5-2-3-7-19(18)20/h2-10,15H,11-14,16H2,1H3,(H,24,26). The van der Waals surface area contributed by atoms with Crippen molar-refractivity contribution in [1.29, 1.82) is 0 Å². The molecule has 162 valence electrons. The van der Waals surface area contributed by atoms with Crippen LogP contribution in [0.3, 0.4) is 0 Å². The highest BCUT2D eigenvalue weighted by Crippen LogP contribution is 2.29. The van der Waals surface area contributed by atoms with Crippen LogP contribution in [0.5, 0.6) is 5.75 Å². The maximum atomic E-state index is 13.1. The Kier molecular flexibility index (Phi) is 6.22. The van der Waals surface area contributed by atoms with Crippen LogP contribution in [-0.2, 0) is 26.0 Å². The van der Waals surface area contributed by atoms with Crippen LogP contribution < -0.4 is 10.1 Å². The van der Waals surface area contributed by atoms with Gasteiger partial charge in [-0.2, -0.15) is 4.31 Å². The van der Waals surface area contributed by atoms with Crippen molar-refractivity contribution in [2.45, 2.75) is 11.3 Å². The van der Waals surface area contributed by atoms with Crippen molar-refractivity contribution in [3.63, 3.8) is 0 Å². The molecule has 7 nitrogen and oxygen atoms in total. The van der Waals surface area contributed by atoms with E-state index in [0.29, 0.717) is 18.8 Å². The van der Waals surface area contributed by atoms with Crippen LogP contribution in [-0.4, -0.2) is 52.0 Å². The van der Waals surface area contributed by atoms with E-state index in [1.54, 1.807) is 12.1 Å². The molecule has 1 saturated heterocycles. The van der Waals surface area contributed by atoms with Crippen LogP contribution in [0.4, 0.5) is 5.69 Å². The van der Waals surface area contributed by atoms with E-state index in [-0.39, 0.29) is 36.1 Å².